The molecule has 4 nitrogen and oxygen atoms in total. The van der Waals surface area contributed by atoms with Crippen molar-refractivity contribution in [3.8, 4) is 0 Å². The largest absolute Gasteiger partial charge is 0.372 e. The minimum atomic E-state index is -0.516. The van der Waals surface area contributed by atoms with Gasteiger partial charge in [-0.3, -0.25) is 14.5 Å². The third kappa shape index (κ3) is 3.09. The molecule has 6 heteroatoms. The first-order chi connectivity index (χ1) is 9.02. The smallest absolute Gasteiger partial charge is 0.252 e. The number of carbonyl (C=O) groups is 2. The van der Waals surface area contributed by atoms with Gasteiger partial charge in [-0.05, 0) is 24.6 Å². The molecule has 2 rings (SSSR count). The molecule has 1 aliphatic rings. The number of amides is 2. The summed E-state index contributed by atoms with van der Waals surface area (Å²) in [5.41, 5.74) is 0.661. The highest BCUT2D eigenvalue weighted by Gasteiger charge is 2.38. The summed E-state index contributed by atoms with van der Waals surface area (Å²) in [4.78, 5) is 25.1. The van der Waals surface area contributed by atoms with E-state index in [1.54, 1.807) is 12.1 Å². The topological polar surface area (TPSA) is 49.4 Å². The Kier molecular flexibility index (Phi) is 4.47. The molecule has 0 saturated carbocycles. The normalized spacial score (nSPS) is 19.1. The molecule has 1 aromatic carbocycles. The summed E-state index contributed by atoms with van der Waals surface area (Å²) in [6.07, 6.45) is 0.953. The number of halogens is 2. The summed E-state index contributed by atoms with van der Waals surface area (Å²) in [7, 11) is 0. The minimum Gasteiger partial charge on any atom is -0.372 e. The number of anilines is 1. The van der Waals surface area contributed by atoms with Gasteiger partial charge < -0.3 is 5.32 Å². The van der Waals surface area contributed by atoms with E-state index >= 15 is 0 Å². The molecule has 1 aliphatic heterocycles. The second-order valence-corrected chi connectivity index (χ2v) is 5.73. The van der Waals surface area contributed by atoms with Crippen molar-refractivity contribution >= 4 is 45.0 Å². The molecule has 1 heterocycles. The summed E-state index contributed by atoms with van der Waals surface area (Å²) < 4.78 is 0.865. The molecular weight excluding hydrogens is 332 g/mol. The van der Waals surface area contributed by atoms with E-state index in [1.165, 1.54) is 4.90 Å². The van der Waals surface area contributed by atoms with Crippen LogP contribution in [0.4, 0.5) is 5.69 Å². The number of imide groups is 1. The van der Waals surface area contributed by atoms with E-state index in [1.807, 2.05) is 13.0 Å². The van der Waals surface area contributed by atoms with Gasteiger partial charge in [-0.2, -0.15) is 0 Å². The Bertz CT molecular complexity index is 521. The first kappa shape index (κ1) is 14.3. The Morgan fingerprint density at radius 2 is 2.21 bits per heavy atom. The summed E-state index contributed by atoms with van der Waals surface area (Å²) in [6.45, 7) is 2.41. The number of nitrogens with one attached hydrogen (secondary N) is 1. The predicted molar refractivity (Wildman–Crippen MR) is 78.2 cm³/mol. The van der Waals surface area contributed by atoms with Crippen molar-refractivity contribution in [1.82, 2.24) is 4.90 Å². The Morgan fingerprint density at radius 1 is 1.47 bits per heavy atom. The standard InChI is InChI=1S/C13H14BrClN2O2/c1-2-5-17-12(18)7-11(13(17)19)16-10-4-3-8(14)6-9(10)15/h3-4,6,11,16H,2,5,7H2,1H3. The quantitative estimate of drug-likeness (QED) is 0.853. The number of likely N-dealkylation sites (tertiary alicyclic amines) is 1. The van der Waals surface area contributed by atoms with Gasteiger partial charge in [0.15, 0.2) is 0 Å². The van der Waals surface area contributed by atoms with Crippen LogP contribution >= 0.6 is 27.5 Å². The van der Waals surface area contributed by atoms with Crippen LogP contribution in [0, 0.1) is 0 Å². The zero-order chi connectivity index (χ0) is 14.0. The van der Waals surface area contributed by atoms with Gasteiger partial charge >= 0.3 is 0 Å². The Balaban J connectivity index is 2.12. The van der Waals surface area contributed by atoms with Crippen molar-refractivity contribution < 1.29 is 9.59 Å². The lowest BCUT2D eigenvalue weighted by molar-refractivity contribution is -0.138. The molecular formula is C13H14BrClN2O2. The van der Waals surface area contributed by atoms with Crippen LogP contribution in [-0.4, -0.2) is 29.3 Å². The average Bonchev–Trinajstić information content (AvgIpc) is 2.61. The molecule has 1 unspecified atom stereocenters. The SMILES string of the molecule is CCCN1C(=O)CC(Nc2ccc(Br)cc2Cl)C1=O. The molecule has 0 aromatic heterocycles. The lowest BCUT2D eigenvalue weighted by Crippen LogP contribution is -2.35. The van der Waals surface area contributed by atoms with Gasteiger partial charge in [0, 0.05) is 11.0 Å². The van der Waals surface area contributed by atoms with Crippen molar-refractivity contribution in [2.75, 3.05) is 11.9 Å². The Hall–Kier alpha value is -1.07. The van der Waals surface area contributed by atoms with Gasteiger partial charge in [0.2, 0.25) is 5.91 Å². The first-order valence-corrected chi connectivity index (χ1v) is 7.25. The molecule has 102 valence electrons. The molecule has 19 heavy (non-hydrogen) atoms. The second-order valence-electron chi connectivity index (χ2n) is 4.41. The third-order valence-electron chi connectivity index (χ3n) is 2.95. The summed E-state index contributed by atoms with van der Waals surface area (Å²) in [6, 6.07) is 4.85. The van der Waals surface area contributed by atoms with E-state index in [0.717, 1.165) is 10.9 Å². The van der Waals surface area contributed by atoms with Crippen molar-refractivity contribution in [3.05, 3.63) is 27.7 Å². The maximum atomic E-state index is 12.1. The van der Waals surface area contributed by atoms with Crippen LogP contribution in [0.5, 0.6) is 0 Å². The average molecular weight is 346 g/mol. The van der Waals surface area contributed by atoms with Crippen LogP contribution in [0.2, 0.25) is 5.02 Å². The molecule has 1 saturated heterocycles. The maximum Gasteiger partial charge on any atom is 0.252 e. The fourth-order valence-electron chi connectivity index (χ4n) is 2.05. The van der Waals surface area contributed by atoms with Gasteiger partial charge in [0.1, 0.15) is 6.04 Å². The zero-order valence-electron chi connectivity index (χ0n) is 10.5. The van der Waals surface area contributed by atoms with Crippen molar-refractivity contribution in [2.45, 2.75) is 25.8 Å². The number of nitrogens with zero attached hydrogens (tertiary/aromatic N) is 1. The van der Waals surface area contributed by atoms with Crippen LogP contribution in [0.1, 0.15) is 19.8 Å². The maximum absolute atomic E-state index is 12.1. The number of hydrogen-bond donors (Lipinski definition) is 1. The van der Waals surface area contributed by atoms with E-state index in [4.69, 9.17) is 11.6 Å². The highest BCUT2D eigenvalue weighted by Crippen LogP contribution is 2.28. The summed E-state index contributed by atoms with van der Waals surface area (Å²) in [5.74, 6) is -0.302. The monoisotopic (exact) mass is 344 g/mol. The van der Waals surface area contributed by atoms with E-state index < -0.39 is 6.04 Å². The molecule has 0 radical (unpaired) electrons. The highest BCUT2D eigenvalue weighted by atomic mass is 79.9. The third-order valence-corrected chi connectivity index (χ3v) is 3.76. The highest BCUT2D eigenvalue weighted by molar-refractivity contribution is 9.10. The predicted octanol–water partition coefficient (Wildman–Crippen LogP) is 3.05. The van der Waals surface area contributed by atoms with Crippen LogP contribution < -0.4 is 5.32 Å². The summed E-state index contributed by atoms with van der Waals surface area (Å²) in [5, 5.41) is 3.56. The van der Waals surface area contributed by atoms with E-state index in [2.05, 4.69) is 21.2 Å². The van der Waals surface area contributed by atoms with Gasteiger partial charge in [-0.15, -0.1) is 0 Å². The van der Waals surface area contributed by atoms with Crippen molar-refractivity contribution in [3.63, 3.8) is 0 Å². The molecule has 0 bridgehead atoms. The van der Waals surface area contributed by atoms with Crippen LogP contribution in [0.15, 0.2) is 22.7 Å². The first-order valence-electron chi connectivity index (χ1n) is 6.08. The van der Waals surface area contributed by atoms with E-state index in [0.29, 0.717) is 17.3 Å². The van der Waals surface area contributed by atoms with E-state index in [-0.39, 0.29) is 18.2 Å². The molecule has 1 fully saturated rings. The van der Waals surface area contributed by atoms with Gasteiger partial charge in [-0.25, -0.2) is 0 Å². The van der Waals surface area contributed by atoms with Crippen LogP contribution in [0.3, 0.4) is 0 Å². The molecule has 1 atom stereocenters. The number of carbonyl (C=O) groups excluding carboxylic acids is 2. The van der Waals surface area contributed by atoms with Gasteiger partial charge in [0.25, 0.3) is 5.91 Å². The molecule has 0 aliphatic carbocycles. The number of hydrogen-bond acceptors (Lipinski definition) is 3. The van der Waals surface area contributed by atoms with Gasteiger partial charge in [-0.1, -0.05) is 34.5 Å². The molecule has 2 amide bonds. The van der Waals surface area contributed by atoms with Crippen LogP contribution in [0.25, 0.3) is 0 Å². The van der Waals surface area contributed by atoms with Crippen LogP contribution in [-0.2, 0) is 9.59 Å². The van der Waals surface area contributed by atoms with E-state index in [9.17, 15) is 9.59 Å². The second kappa shape index (κ2) is 5.92. The zero-order valence-corrected chi connectivity index (χ0v) is 12.8. The number of rotatable bonds is 4. The summed E-state index contributed by atoms with van der Waals surface area (Å²) >= 11 is 9.41. The lowest BCUT2D eigenvalue weighted by atomic mass is 10.2. The van der Waals surface area contributed by atoms with Crippen molar-refractivity contribution in [1.29, 1.82) is 0 Å². The fraction of sp³-hybridized carbons (Fsp3) is 0.385. The number of benzene rings is 1. The molecule has 1 aromatic rings. The Labute approximate surface area is 125 Å². The van der Waals surface area contributed by atoms with Gasteiger partial charge in [0.05, 0.1) is 17.1 Å². The Morgan fingerprint density at radius 3 is 2.84 bits per heavy atom. The molecule has 0 spiro atoms. The minimum absolute atomic E-state index is 0.127. The van der Waals surface area contributed by atoms with Crippen molar-refractivity contribution in [2.24, 2.45) is 0 Å². The molecule has 1 N–H and O–H groups in total. The lowest BCUT2D eigenvalue weighted by Gasteiger charge is -2.15. The fourth-order valence-corrected chi connectivity index (χ4v) is 2.78.